The lowest BCUT2D eigenvalue weighted by Gasteiger charge is -2.35. The molecule has 2 bridgehead atoms. The van der Waals surface area contributed by atoms with Crippen LogP contribution in [0.4, 0.5) is 13.2 Å². The fraction of sp³-hybridized carbons (Fsp3) is 0.444. The van der Waals surface area contributed by atoms with Crippen molar-refractivity contribution in [3.05, 3.63) is 69.4 Å². The Morgan fingerprint density at radius 3 is 2.39 bits per heavy atom. The molecule has 1 unspecified atom stereocenters. The van der Waals surface area contributed by atoms with Gasteiger partial charge >= 0.3 is 6.18 Å². The highest BCUT2D eigenvalue weighted by molar-refractivity contribution is 7.97. The number of ether oxygens (including phenoxy) is 1. The summed E-state index contributed by atoms with van der Waals surface area (Å²) < 4.78 is 71.0. The molecule has 204 valence electrons. The number of pyridine rings is 1. The molecule has 2 aliphatic heterocycles. The molecule has 11 heteroatoms. The van der Waals surface area contributed by atoms with E-state index in [0.29, 0.717) is 23.1 Å². The number of aryl methyl sites for hydroxylation is 1. The lowest BCUT2D eigenvalue weighted by Crippen LogP contribution is -2.46. The second-order valence-electron chi connectivity index (χ2n) is 11.1. The minimum absolute atomic E-state index is 0.0528. The number of aromatic nitrogens is 1. The number of Topliss-reactive ketones (excluding diaryl/α,β-unsaturated/α-hetero) is 1. The molecule has 0 fully saturated rings. The Hall–Kier alpha value is -3.21. The summed E-state index contributed by atoms with van der Waals surface area (Å²) in [4.78, 5) is 21.6. The monoisotopic (exact) mass is 549 g/mol. The summed E-state index contributed by atoms with van der Waals surface area (Å²) in [6.07, 6.45) is -2.36. The number of nitrogens with two attached hydrogens (primary N) is 1. The van der Waals surface area contributed by atoms with Crippen LogP contribution in [-0.2, 0) is 28.0 Å². The van der Waals surface area contributed by atoms with Crippen LogP contribution in [0.5, 0.6) is 5.75 Å². The smallest absolute Gasteiger partial charge is 0.417 e. The number of carbonyl (C=O) groups is 1. The number of ketones is 1. The quantitative estimate of drug-likeness (QED) is 0.536. The molecule has 7 nitrogen and oxygen atoms in total. The van der Waals surface area contributed by atoms with E-state index in [2.05, 4.69) is 9.98 Å². The summed E-state index contributed by atoms with van der Waals surface area (Å²) in [6.45, 7) is 9.74. The van der Waals surface area contributed by atoms with Gasteiger partial charge in [-0.15, -0.1) is 0 Å². The molecule has 2 aliphatic rings. The van der Waals surface area contributed by atoms with Gasteiger partial charge in [-0.2, -0.15) is 13.2 Å². The molecule has 3 heterocycles. The van der Waals surface area contributed by atoms with Crippen molar-refractivity contribution in [2.24, 2.45) is 10.7 Å². The maximum absolute atomic E-state index is 13.6. The highest BCUT2D eigenvalue weighted by Gasteiger charge is 2.48. The molecular formula is C27H30F3N3O4S. The molecule has 2 N–H and O–H groups in total. The van der Waals surface area contributed by atoms with Crippen LogP contribution in [0.3, 0.4) is 0 Å². The van der Waals surface area contributed by atoms with E-state index < -0.39 is 43.2 Å². The van der Waals surface area contributed by atoms with Crippen molar-refractivity contribution in [1.82, 2.24) is 4.98 Å². The minimum atomic E-state index is -4.56. The third kappa shape index (κ3) is 4.72. The van der Waals surface area contributed by atoms with Crippen molar-refractivity contribution in [3.8, 4) is 5.75 Å². The van der Waals surface area contributed by atoms with Gasteiger partial charge in [0.25, 0.3) is 0 Å². The second kappa shape index (κ2) is 8.65. The van der Waals surface area contributed by atoms with E-state index in [9.17, 15) is 26.4 Å². The van der Waals surface area contributed by atoms with E-state index >= 15 is 0 Å². The third-order valence-corrected chi connectivity index (χ3v) is 9.54. The Bertz CT molecular complexity index is 1510. The maximum atomic E-state index is 13.6. The average Bonchev–Trinajstić information content (AvgIpc) is 2.81. The Morgan fingerprint density at radius 1 is 1.13 bits per heavy atom. The van der Waals surface area contributed by atoms with E-state index in [1.165, 1.54) is 20.8 Å². The first kappa shape index (κ1) is 27.8. The van der Waals surface area contributed by atoms with Gasteiger partial charge in [0.1, 0.15) is 33.2 Å². The minimum Gasteiger partial charge on any atom is -0.487 e. The first-order valence-corrected chi connectivity index (χ1v) is 13.5. The standard InChI is InChI=1S/C27H30F3N3O4S/c1-15-9-17(27(28,29)30)14-32-22(15)20(34)11-16-7-8-21-19(10-16)26(6)13-18(12-24(2,3)37-21)38(35,36)25(4,5)23(31)33-26/h7-10,13-14H,11-12H2,1-6H3,(H2,31,33). The summed E-state index contributed by atoms with van der Waals surface area (Å²) >= 11 is 0. The summed E-state index contributed by atoms with van der Waals surface area (Å²) in [7, 11) is -3.87. The predicted molar refractivity (Wildman–Crippen MR) is 138 cm³/mol. The molecule has 0 saturated carbocycles. The summed E-state index contributed by atoms with van der Waals surface area (Å²) in [5.41, 5.74) is 4.35. The maximum Gasteiger partial charge on any atom is 0.417 e. The SMILES string of the molecule is Cc1cc(C(F)(F)F)cnc1C(=O)Cc1ccc2c(c1)C1(C)C=C(CC(C)(C)O2)S(=O)(=O)C(C)(C)C(N)=N1. The van der Waals surface area contributed by atoms with Crippen molar-refractivity contribution >= 4 is 21.5 Å². The second-order valence-corrected chi connectivity index (χ2v) is 13.7. The first-order chi connectivity index (χ1) is 17.3. The number of alkyl halides is 3. The van der Waals surface area contributed by atoms with Crippen molar-refractivity contribution in [2.75, 3.05) is 0 Å². The third-order valence-electron chi connectivity index (χ3n) is 7.04. The number of aliphatic imine (C=N–C) groups is 1. The fourth-order valence-electron chi connectivity index (χ4n) is 4.77. The van der Waals surface area contributed by atoms with Crippen molar-refractivity contribution in [1.29, 1.82) is 0 Å². The number of carbonyl (C=O) groups excluding carboxylic acids is 1. The van der Waals surface area contributed by atoms with Crippen molar-refractivity contribution in [3.63, 3.8) is 0 Å². The van der Waals surface area contributed by atoms with Crippen LogP contribution in [0.15, 0.2) is 46.4 Å². The van der Waals surface area contributed by atoms with Crippen LogP contribution in [-0.4, -0.2) is 35.4 Å². The molecule has 4 rings (SSSR count). The molecule has 1 aromatic carbocycles. The van der Waals surface area contributed by atoms with Gasteiger partial charge < -0.3 is 10.5 Å². The number of nitrogens with zero attached hydrogens (tertiary/aromatic N) is 2. The van der Waals surface area contributed by atoms with Gasteiger partial charge in [0.2, 0.25) is 0 Å². The number of halogens is 3. The highest BCUT2D eigenvalue weighted by Crippen LogP contribution is 2.46. The zero-order valence-corrected chi connectivity index (χ0v) is 22.8. The Kier molecular flexibility index (Phi) is 6.34. The number of hydrogen-bond donors (Lipinski definition) is 1. The predicted octanol–water partition coefficient (Wildman–Crippen LogP) is 5.06. The van der Waals surface area contributed by atoms with Gasteiger partial charge in [-0.3, -0.25) is 14.8 Å². The van der Waals surface area contributed by atoms with Gasteiger partial charge in [-0.25, -0.2) is 8.42 Å². The van der Waals surface area contributed by atoms with Crippen LogP contribution in [0, 0.1) is 6.92 Å². The molecule has 1 aromatic heterocycles. The number of amidine groups is 1. The lowest BCUT2D eigenvalue weighted by molar-refractivity contribution is -0.137. The van der Waals surface area contributed by atoms with Gasteiger partial charge in [0, 0.05) is 29.5 Å². The number of rotatable bonds is 3. The van der Waals surface area contributed by atoms with E-state index in [0.717, 1.165) is 6.07 Å². The molecular weight excluding hydrogens is 519 g/mol. The number of fused-ring (bicyclic) bond motifs is 3. The molecule has 38 heavy (non-hydrogen) atoms. The van der Waals surface area contributed by atoms with Crippen LogP contribution < -0.4 is 10.5 Å². The van der Waals surface area contributed by atoms with Crippen LogP contribution in [0.25, 0.3) is 0 Å². The van der Waals surface area contributed by atoms with Crippen molar-refractivity contribution in [2.45, 2.75) is 76.4 Å². The lowest BCUT2D eigenvalue weighted by atomic mass is 9.86. The summed E-state index contributed by atoms with van der Waals surface area (Å²) in [6, 6.07) is 5.97. The zero-order chi connectivity index (χ0) is 28.5. The summed E-state index contributed by atoms with van der Waals surface area (Å²) in [5.74, 6) is -0.0540. The average molecular weight is 550 g/mol. The molecule has 0 saturated heterocycles. The number of sulfone groups is 1. The van der Waals surface area contributed by atoms with E-state index in [1.54, 1.807) is 45.0 Å². The molecule has 0 spiro atoms. The molecule has 0 amide bonds. The topological polar surface area (TPSA) is 112 Å². The Balaban J connectivity index is 1.81. The molecule has 0 radical (unpaired) electrons. The zero-order valence-electron chi connectivity index (χ0n) is 22.0. The van der Waals surface area contributed by atoms with Gasteiger partial charge in [-0.1, -0.05) is 6.07 Å². The highest BCUT2D eigenvalue weighted by atomic mass is 32.2. The summed E-state index contributed by atoms with van der Waals surface area (Å²) in [5, 5.41) is 0. The van der Waals surface area contributed by atoms with Crippen LogP contribution in [0.2, 0.25) is 0 Å². The largest absolute Gasteiger partial charge is 0.487 e. The van der Waals surface area contributed by atoms with E-state index in [-0.39, 0.29) is 34.8 Å². The Morgan fingerprint density at radius 2 is 1.79 bits per heavy atom. The normalized spacial score (nSPS) is 23.5. The number of benzene rings is 1. The first-order valence-electron chi connectivity index (χ1n) is 12.0. The van der Waals surface area contributed by atoms with Crippen LogP contribution in [0.1, 0.15) is 73.8 Å². The Labute approximate surface area is 219 Å². The molecule has 2 aromatic rings. The van der Waals surface area contributed by atoms with Crippen molar-refractivity contribution < 1.29 is 31.1 Å². The van der Waals surface area contributed by atoms with E-state index in [4.69, 9.17) is 10.5 Å². The van der Waals surface area contributed by atoms with Gasteiger partial charge in [0.15, 0.2) is 15.6 Å². The number of hydrogen-bond acceptors (Lipinski definition) is 7. The fourth-order valence-corrected chi connectivity index (χ4v) is 6.67. The molecule has 1 atom stereocenters. The van der Waals surface area contributed by atoms with Gasteiger partial charge in [-0.05, 0) is 76.9 Å². The van der Waals surface area contributed by atoms with Crippen LogP contribution >= 0.6 is 0 Å². The molecule has 0 aliphatic carbocycles. The van der Waals surface area contributed by atoms with Gasteiger partial charge in [0.05, 0.1) is 5.56 Å². The van der Waals surface area contributed by atoms with E-state index in [1.807, 2.05) is 0 Å².